The monoisotopic (exact) mass is 331 g/mol. The van der Waals surface area contributed by atoms with Gasteiger partial charge in [-0.3, -0.25) is 14.4 Å². The Morgan fingerprint density at radius 2 is 1.62 bits per heavy atom. The van der Waals surface area contributed by atoms with Crippen LogP contribution >= 0.6 is 0 Å². The van der Waals surface area contributed by atoms with Crippen LogP contribution < -0.4 is 16.2 Å². The molecule has 0 saturated carbocycles. The summed E-state index contributed by atoms with van der Waals surface area (Å²) in [5.74, 6) is -1.29. The van der Waals surface area contributed by atoms with Gasteiger partial charge in [0.25, 0.3) is 17.4 Å². The third-order valence-electron chi connectivity index (χ3n) is 3.55. The topological polar surface area (TPSA) is 91.1 Å². The Labute approximate surface area is 138 Å². The number of pyridine rings is 1. The SMILES string of the molecule is Cc1cc(C(=O)NCCNC(=O)c2ccc(F)cc2)c(=O)[nH]c1C. The molecule has 24 heavy (non-hydrogen) atoms. The molecule has 0 aliphatic heterocycles. The minimum atomic E-state index is -0.504. The molecule has 0 saturated heterocycles. The molecule has 0 aliphatic carbocycles. The van der Waals surface area contributed by atoms with Crippen molar-refractivity contribution in [2.24, 2.45) is 0 Å². The standard InChI is InChI=1S/C17H18FN3O3/c1-10-9-14(17(24)21-11(10)2)16(23)20-8-7-19-15(22)12-3-5-13(18)6-4-12/h3-6,9H,7-8H2,1-2H3,(H,19,22)(H,20,23)(H,21,24). The first-order chi connectivity index (χ1) is 11.4. The quantitative estimate of drug-likeness (QED) is 0.721. The number of aromatic amines is 1. The molecule has 6 nitrogen and oxygen atoms in total. The second kappa shape index (κ2) is 7.54. The van der Waals surface area contributed by atoms with Crippen LogP contribution in [0, 0.1) is 19.7 Å². The largest absolute Gasteiger partial charge is 0.350 e. The van der Waals surface area contributed by atoms with Crippen molar-refractivity contribution in [3.05, 3.63) is 68.9 Å². The average molecular weight is 331 g/mol. The molecule has 0 radical (unpaired) electrons. The minimum absolute atomic E-state index is 0.0305. The van der Waals surface area contributed by atoms with E-state index >= 15 is 0 Å². The van der Waals surface area contributed by atoms with E-state index in [1.165, 1.54) is 30.3 Å². The number of H-pyrrole nitrogens is 1. The third-order valence-corrected chi connectivity index (χ3v) is 3.55. The second-order valence-electron chi connectivity index (χ2n) is 5.34. The zero-order valence-corrected chi connectivity index (χ0v) is 13.4. The molecule has 126 valence electrons. The zero-order chi connectivity index (χ0) is 17.7. The molecular formula is C17H18FN3O3. The van der Waals surface area contributed by atoms with Crippen molar-refractivity contribution < 1.29 is 14.0 Å². The van der Waals surface area contributed by atoms with Crippen LogP contribution in [0.25, 0.3) is 0 Å². The summed E-state index contributed by atoms with van der Waals surface area (Å²) in [6.07, 6.45) is 0. The number of benzene rings is 1. The predicted molar refractivity (Wildman–Crippen MR) is 87.6 cm³/mol. The first-order valence-electron chi connectivity index (χ1n) is 7.41. The number of hydrogen-bond acceptors (Lipinski definition) is 3. The first-order valence-corrected chi connectivity index (χ1v) is 7.41. The smallest absolute Gasteiger partial charge is 0.261 e. The van der Waals surface area contributed by atoms with Gasteiger partial charge in [-0.2, -0.15) is 0 Å². The van der Waals surface area contributed by atoms with Crippen LogP contribution in [0.5, 0.6) is 0 Å². The Balaban J connectivity index is 1.85. The molecule has 0 unspecified atom stereocenters. The van der Waals surface area contributed by atoms with E-state index in [2.05, 4.69) is 15.6 Å². The molecule has 2 aromatic rings. The highest BCUT2D eigenvalue weighted by Gasteiger charge is 2.12. The number of halogens is 1. The fourth-order valence-electron chi connectivity index (χ4n) is 2.05. The maximum Gasteiger partial charge on any atom is 0.261 e. The summed E-state index contributed by atoms with van der Waals surface area (Å²) in [6.45, 7) is 3.90. The molecule has 0 fully saturated rings. The van der Waals surface area contributed by atoms with Crippen LogP contribution in [0.3, 0.4) is 0 Å². The molecule has 2 rings (SSSR count). The summed E-state index contributed by atoms with van der Waals surface area (Å²) < 4.78 is 12.8. The predicted octanol–water partition coefficient (Wildman–Crippen LogP) is 1.29. The lowest BCUT2D eigenvalue weighted by Crippen LogP contribution is -2.36. The van der Waals surface area contributed by atoms with Crippen molar-refractivity contribution >= 4 is 11.8 Å². The van der Waals surface area contributed by atoms with E-state index in [-0.39, 0.29) is 24.6 Å². The van der Waals surface area contributed by atoms with Crippen molar-refractivity contribution in [2.75, 3.05) is 13.1 Å². The van der Waals surface area contributed by atoms with Gasteiger partial charge in [0, 0.05) is 24.3 Å². The van der Waals surface area contributed by atoms with Crippen LogP contribution in [0.2, 0.25) is 0 Å². The molecule has 0 atom stereocenters. The highest BCUT2D eigenvalue weighted by molar-refractivity contribution is 5.95. The van der Waals surface area contributed by atoms with Crippen molar-refractivity contribution in [3.8, 4) is 0 Å². The zero-order valence-electron chi connectivity index (χ0n) is 13.4. The van der Waals surface area contributed by atoms with Gasteiger partial charge in [-0.25, -0.2) is 4.39 Å². The van der Waals surface area contributed by atoms with E-state index in [0.717, 1.165) is 5.56 Å². The van der Waals surface area contributed by atoms with E-state index in [9.17, 15) is 18.8 Å². The van der Waals surface area contributed by atoms with Crippen LogP contribution in [0.4, 0.5) is 4.39 Å². The highest BCUT2D eigenvalue weighted by Crippen LogP contribution is 2.03. The fourth-order valence-corrected chi connectivity index (χ4v) is 2.05. The fraction of sp³-hybridized carbons (Fsp3) is 0.235. The number of carbonyl (C=O) groups excluding carboxylic acids is 2. The van der Waals surface area contributed by atoms with Crippen LogP contribution in [0.1, 0.15) is 32.0 Å². The first kappa shape index (κ1) is 17.4. The van der Waals surface area contributed by atoms with Crippen LogP contribution in [0.15, 0.2) is 35.1 Å². The lowest BCUT2D eigenvalue weighted by molar-refractivity contribution is 0.0927. The van der Waals surface area contributed by atoms with Crippen LogP contribution in [-0.2, 0) is 0 Å². The maximum absolute atomic E-state index is 12.8. The molecule has 0 bridgehead atoms. The van der Waals surface area contributed by atoms with Gasteiger partial charge in [0.05, 0.1) is 0 Å². The number of amides is 2. The normalized spacial score (nSPS) is 10.3. The second-order valence-corrected chi connectivity index (χ2v) is 5.34. The van der Waals surface area contributed by atoms with E-state index in [1.54, 1.807) is 13.8 Å². The Kier molecular flexibility index (Phi) is 5.47. The molecule has 1 aromatic carbocycles. The van der Waals surface area contributed by atoms with Gasteiger partial charge in [-0.1, -0.05) is 0 Å². The molecule has 7 heteroatoms. The maximum atomic E-state index is 12.8. The summed E-state index contributed by atoms with van der Waals surface area (Å²) in [6, 6.07) is 6.67. The van der Waals surface area contributed by atoms with Gasteiger partial charge in [-0.15, -0.1) is 0 Å². The number of aryl methyl sites for hydroxylation is 2. The Hall–Kier alpha value is -2.96. The molecule has 0 spiro atoms. The summed E-state index contributed by atoms with van der Waals surface area (Å²) in [5.41, 5.74) is 1.43. The summed E-state index contributed by atoms with van der Waals surface area (Å²) >= 11 is 0. The molecule has 1 aromatic heterocycles. The molecule has 0 aliphatic rings. The summed E-state index contributed by atoms with van der Waals surface area (Å²) in [5, 5.41) is 5.17. The third kappa shape index (κ3) is 4.28. The minimum Gasteiger partial charge on any atom is -0.350 e. The average Bonchev–Trinajstić information content (AvgIpc) is 2.55. The molecule has 3 N–H and O–H groups in total. The molecule has 1 heterocycles. The van der Waals surface area contributed by atoms with Gasteiger partial charge < -0.3 is 15.6 Å². The van der Waals surface area contributed by atoms with Crippen molar-refractivity contribution in [2.45, 2.75) is 13.8 Å². The molecular weight excluding hydrogens is 313 g/mol. The Bertz CT molecular complexity index is 813. The summed E-state index contributed by atoms with van der Waals surface area (Å²) in [7, 11) is 0. The van der Waals surface area contributed by atoms with Crippen molar-refractivity contribution in [1.29, 1.82) is 0 Å². The lowest BCUT2D eigenvalue weighted by atomic mass is 10.1. The number of nitrogens with one attached hydrogen (secondary N) is 3. The van der Waals surface area contributed by atoms with Crippen molar-refractivity contribution in [1.82, 2.24) is 15.6 Å². The van der Waals surface area contributed by atoms with Gasteiger partial charge in [-0.05, 0) is 49.7 Å². The number of carbonyl (C=O) groups is 2. The van der Waals surface area contributed by atoms with Gasteiger partial charge >= 0.3 is 0 Å². The lowest BCUT2D eigenvalue weighted by Gasteiger charge is -2.08. The van der Waals surface area contributed by atoms with E-state index in [4.69, 9.17) is 0 Å². The van der Waals surface area contributed by atoms with Crippen LogP contribution in [-0.4, -0.2) is 29.9 Å². The van der Waals surface area contributed by atoms with Crippen molar-refractivity contribution in [3.63, 3.8) is 0 Å². The highest BCUT2D eigenvalue weighted by atomic mass is 19.1. The Morgan fingerprint density at radius 3 is 2.25 bits per heavy atom. The number of aromatic nitrogens is 1. The van der Waals surface area contributed by atoms with E-state index in [1.807, 2.05) is 0 Å². The summed E-state index contributed by atoms with van der Waals surface area (Å²) in [4.78, 5) is 38.2. The number of hydrogen-bond donors (Lipinski definition) is 3. The van der Waals surface area contributed by atoms with E-state index in [0.29, 0.717) is 11.3 Å². The molecule has 2 amide bonds. The van der Waals surface area contributed by atoms with Gasteiger partial charge in [0.1, 0.15) is 11.4 Å². The Morgan fingerprint density at radius 1 is 1.04 bits per heavy atom. The van der Waals surface area contributed by atoms with Gasteiger partial charge in [0.15, 0.2) is 0 Å². The number of rotatable bonds is 5. The van der Waals surface area contributed by atoms with E-state index < -0.39 is 17.3 Å². The van der Waals surface area contributed by atoms with Gasteiger partial charge in [0.2, 0.25) is 0 Å².